The van der Waals surface area contributed by atoms with Crippen molar-refractivity contribution in [1.82, 2.24) is 20.3 Å². The van der Waals surface area contributed by atoms with Crippen LogP contribution in [0.4, 0.5) is 68.3 Å². The van der Waals surface area contributed by atoms with Crippen LogP contribution in [-0.4, -0.2) is 85.7 Å². The number of amides is 1. The highest BCUT2D eigenvalue weighted by atomic mass is 35.5. The van der Waals surface area contributed by atoms with E-state index in [2.05, 4.69) is 36.2 Å². The number of anilines is 5. The Balaban J connectivity index is 0.000000379. The number of carboxylic acid groups (broad SMARTS) is 3. The Morgan fingerprint density at radius 1 is 0.811 bits per heavy atom. The number of aryl methyl sites for hydroxylation is 2. The molecule has 2 aliphatic heterocycles. The maximum Gasteiger partial charge on any atom is 0.490 e. The summed E-state index contributed by atoms with van der Waals surface area (Å²) in [5, 5.41) is 34.7. The molecule has 7 N–H and O–H groups in total. The van der Waals surface area contributed by atoms with Crippen LogP contribution in [0.2, 0.25) is 5.02 Å². The summed E-state index contributed by atoms with van der Waals surface area (Å²) in [7, 11) is 0. The number of nitrogens with zero attached hydrogens (tertiary/aromatic N) is 3. The molecule has 0 aliphatic carbocycles. The van der Waals surface area contributed by atoms with E-state index in [1.807, 2.05) is 30.5 Å². The highest BCUT2D eigenvalue weighted by molar-refractivity contribution is 6.32. The fourth-order valence-corrected chi connectivity index (χ4v) is 4.24. The molecule has 0 saturated carbocycles. The normalized spacial score (nSPS) is 14.9. The first-order valence-corrected chi connectivity index (χ1v) is 14.9. The molecule has 0 unspecified atom stereocenters. The first-order chi connectivity index (χ1) is 24.4. The molecule has 0 radical (unpaired) electrons. The predicted octanol–water partition coefficient (Wildman–Crippen LogP) is 5.95. The molecule has 2 aromatic heterocycles. The van der Waals surface area contributed by atoms with E-state index >= 15 is 0 Å². The molecule has 0 spiro atoms. The molecule has 1 amide bonds. The second-order valence-electron chi connectivity index (χ2n) is 10.6. The Labute approximate surface area is 296 Å². The number of halogens is 10. The summed E-state index contributed by atoms with van der Waals surface area (Å²) in [6.07, 6.45) is -7.00. The van der Waals surface area contributed by atoms with Gasteiger partial charge in [0.25, 0.3) is 0 Å². The molecule has 5 rings (SSSR count). The van der Waals surface area contributed by atoms with Gasteiger partial charge < -0.3 is 36.6 Å². The number of hydrogen-bond acceptors (Lipinski definition) is 10. The molecule has 290 valence electrons. The number of carbonyl (C=O) groups is 4. The predicted molar refractivity (Wildman–Crippen MR) is 167 cm³/mol. The number of carboxylic acids is 3. The van der Waals surface area contributed by atoms with Gasteiger partial charge in [-0.2, -0.15) is 44.5 Å². The van der Waals surface area contributed by atoms with E-state index in [0.717, 1.165) is 60.5 Å². The first-order valence-electron chi connectivity index (χ1n) is 14.5. The van der Waals surface area contributed by atoms with Crippen molar-refractivity contribution in [3.8, 4) is 0 Å². The third kappa shape index (κ3) is 15.8. The molecule has 24 heteroatoms. The zero-order chi connectivity index (χ0) is 40.1. The molecule has 1 atom stereocenters. The van der Waals surface area contributed by atoms with Crippen molar-refractivity contribution in [1.29, 1.82) is 0 Å². The van der Waals surface area contributed by atoms with Gasteiger partial charge in [-0.05, 0) is 73.7 Å². The SMILES string of the molecule is O=C(C[C@@H]1CCNC1)Nc1ccc2cc1CCc1cncc(c1)Nc1ncc(Cl)c(n1)N2.O=C(O)C(F)(F)F.O=C(O)C(F)(F)F.O=C(O)C(F)(F)F. The van der Waals surface area contributed by atoms with Crippen molar-refractivity contribution in [3.05, 3.63) is 59.0 Å². The topological polar surface area (TPSA) is 216 Å². The van der Waals surface area contributed by atoms with Crippen molar-refractivity contribution < 1.29 is 74.0 Å². The lowest BCUT2D eigenvalue weighted by Gasteiger charge is -2.15. The number of aromatic nitrogens is 3. The minimum atomic E-state index is -5.08. The molecule has 53 heavy (non-hydrogen) atoms. The Morgan fingerprint density at radius 3 is 1.92 bits per heavy atom. The molecule has 1 fully saturated rings. The maximum atomic E-state index is 12.7. The number of aliphatic carboxylic acids is 3. The van der Waals surface area contributed by atoms with Gasteiger partial charge >= 0.3 is 36.4 Å². The number of rotatable bonds is 3. The minimum Gasteiger partial charge on any atom is -0.475 e. The number of hydrogen-bond donors (Lipinski definition) is 7. The molecule has 1 aromatic carbocycles. The van der Waals surface area contributed by atoms with Gasteiger partial charge in [0.05, 0.1) is 18.1 Å². The van der Waals surface area contributed by atoms with E-state index in [4.69, 9.17) is 41.3 Å². The van der Waals surface area contributed by atoms with E-state index in [9.17, 15) is 44.3 Å². The number of nitrogens with one attached hydrogen (secondary N) is 4. The molecule has 2 aliphatic rings. The minimum absolute atomic E-state index is 0.0509. The van der Waals surface area contributed by atoms with Crippen molar-refractivity contribution in [2.45, 2.75) is 44.2 Å². The standard InChI is InChI=1S/C23H24ClN7O.3C2HF3O2/c24-19-13-27-23-29-18-7-14(11-26-12-18)1-2-16-9-17(28-22(19)31-23)3-4-20(16)30-21(32)8-15-5-6-25-10-15;3*3-2(4,5)1(6)7/h3-4,7,9,11-13,15,25H,1-2,5-6,8,10H2,(H,30,32)(H2,27,28,29,31);3*(H,6,7)/t15-;;;/m0.../s1. The van der Waals surface area contributed by atoms with E-state index in [1.54, 1.807) is 12.4 Å². The van der Waals surface area contributed by atoms with Crippen molar-refractivity contribution >= 4 is 64.2 Å². The van der Waals surface area contributed by atoms with E-state index in [1.165, 1.54) is 0 Å². The Bertz CT molecular complexity index is 1700. The maximum absolute atomic E-state index is 12.7. The number of carbonyl (C=O) groups excluding carboxylic acids is 1. The van der Waals surface area contributed by atoms with Gasteiger partial charge in [0.15, 0.2) is 5.82 Å². The van der Waals surface area contributed by atoms with Crippen molar-refractivity contribution in [2.24, 2.45) is 5.92 Å². The van der Waals surface area contributed by atoms with Gasteiger partial charge in [-0.3, -0.25) is 9.78 Å². The second-order valence-corrected chi connectivity index (χ2v) is 11.0. The second kappa shape index (κ2) is 18.9. The highest BCUT2D eigenvalue weighted by Gasteiger charge is 2.39. The zero-order valence-corrected chi connectivity index (χ0v) is 27.2. The van der Waals surface area contributed by atoms with Gasteiger partial charge in [0, 0.05) is 24.0 Å². The zero-order valence-electron chi connectivity index (χ0n) is 26.5. The summed E-state index contributed by atoms with van der Waals surface area (Å²) in [5.74, 6) is -6.89. The summed E-state index contributed by atoms with van der Waals surface area (Å²) in [6.45, 7) is 1.89. The monoisotopic (exact) mass is 791 g/mol. The van der Waals surface area contributed by atoms with Crippen molar-refractivity contribution in [3.63, 3.8) is 0 Å². The third-order valence-electron chi connectivity index (χ3n) is 6.48. The molecule has 1 saturated heterocycles. The summed E-state index contributed by atoms with van der Waals surface area (Å²) in [4.78, 5) is 52.4. The fraction of sp³-hybridized carbons (Fsp3) is 0.345. The lowest BCUT2D eigenvalue weighted by atomic mass is 10.0. The van der Waals surface area contributed by atoms with Gasteiger partial charge in [0.2, 0.25) is 11.9 Å². The Kier molecular flexibility index (Phi) is 15.6. The number of alkyl halides is 9. The van der Waals surface area contributed by atoms with Crippen LogP contribution in [0.25, 0.3) is 0 Å². The van der Waals surface area contributed by atoms with E-state index < -0.39 is 36.4 Å². The van der Waals surface area contributed by atoms with Crippen LogP contribution in [0, 0.1) is 5.92 Å². The number of pyridine rings is 1. The average molecular weight is 792 g/mol. The molecule has 6 bridgehead atoms. The lowest BCUT2D eigenvalue weighted by molar-refractivity contribution is -0.193. The largest absolute Gasteiger partial charge is 0.490 e. The van der Waals surface area contributed by atoms with Gasteiger partial charge in [-0.25, -0.2) is 19.4 Å². The Morgan fingerprint density at radius 2 is 1.40 bits per heavy atom. The molecule has 3 aromatic rings. The number of fused-ring (bicyclic) bond motifs is 6. The van der Waals surface area contributed by atoms with E-state index in [0.29, 0.717) is 29.1 Å². The van der Waals surface area contributed by atoms with E-state index in [-0.39, 0.29) is 5.91 Å². The average Bonchev–Trinajstić information content (AvgIpc) is 3.55. The van der Waals surface area contributed by atoms with Gasteiger partial charge in [-0.1, -0.05) is 11.6 Å². The third-order valence-corrected chi connectivity index (χ3v) is 6.76. The van der Waals surface area contributed by atoms with Crippen LogP contribution >= 0.6 is 11.6 Å². The fourth-order valence-electron chi connectivity index (χ4n) is 4.10. The summed E-state index contributed by atoms with van der Waals surface area (Å²) >= 11 is 6.32. The quantitative estimate of drug-likeness (QED) is 0.153. The summed E-state index contributed by atoms with van der Waals surface area (Å²) < 4.78 is 95.2. The van der Waals surface area contributed by atoms with Crippen LogP contribution in [0.15, 0.2) is 42.9 Å². The van der Waals surface area contributed by atoms with Crippen molar-refractivity contribution in [2.75, 3.05) is 29.0 Å². The number of benzene rings is 1. The Hall–Kier alpha value is -5.45. The van der Waals surface area contributed by atoms with Crippen LogP contribution in [0.1, 0.15) is 24.0 Å². The highest BCUT2D eigenvalue weighted by Crippen LogP contribution is 2.29. The lowest BCUT2D eigenvalue weighted by Crippen LogP contribution is -2.21. The molecule has 14 nitrogen and oxygen atoms in total. The molecular formula is C29H27ClF9N7O7. The molecular weight excluding hydrogens is 765 g/mol. The smallest absolute Gasteiger partial charge is 0.475 e. The van der Waals surface area contributed by atoms with Crippen LogP contribution in [0.3, 0.4) is 0 Å². The van der Waals surface area contributed by atoms with Gasteiger partial charge in [-0.15, -0.1) is 0 Å². The first kappa shape index (κ1) is 43.7. The molecule has 4 heterocycles. The summed E-state index contributed by atoms with van der Waals surface area (Å²) in [5.41, 5.74) is 4.60. The van der Waals surface area contributed by atoms with Crippen LogP contribution < -0.4 is 21.3 Å². The van der Waals surface area contributed by atoms with Crippen LogP contribution in [0.5, 0.6) is 0 Å². The van der Waals surface area contributed by atoms with Crippen LogP contribution in [-0.2, 0) is 32.0 Å². The summed E-state index contributed by atoms with van der Waals surface area (Å²) in [6, 6.07) is 7.92. The van der Waals surface area contributed by atoms with Gasteiger partial charge in [0.1, 0.15) is 5.02 Å².